The lowest BCUT2D eigenvalue weighted by Crippen LogP contribution is -2.04. The second-order valence-corrected chi connectivity index (χ2v) is 3.60. The van der Waals surface area contributed by atoms with E-state index in [0.29, 0.717) is 11.5 Å². The normalized spacial score (nSPS) is 10.9. The lowest BCUT2D eigenvalue weighted by molar-refractivity contribution is 0.0691. The van der Waals surface area contributed by atoms with Crippen LogP contribution in [0.3, 0.4) is 0 Å². The van der Waals surface area contributed by atoms with Gasteiger partial charge < -0.3 is 10.8 Å². The minimum atomic E-state index is -1.17. The second-order valence-electron chi connectivity index (χ2n) is 3.60. The van der Waals surface area contributed by atoms with Gasteiger partial charge in [-0.2, -0.15) is 10.2 Å². The van der Waals surface area contributed by atoms with Crippen LogP contribution in [-0.2, 0) is 0 Å². The zero-order valence-corrected chi connectivity index (χ0v) is 9.06. The molecule has 8 heteroatoms. The van der Waals surface area contributed by atoms with Crippen LogP contribution in [0.4, 0.5) is 5.69 Å². The summed E-state index contributed by atoms with van der Waals surface area (Å²) in [4.78, 5) is 15.1. The largest absolute Gasteiger partial charge is 0.476 e. The lowest BCUT2D eigenvalue weighted by atomic mass is 10.4. The van der Waals surface area contributed by atoms with Gasteiger partial charge in [-0.1, -0.05) is 0 Å². The standard InChI is InChI=1S/C10H8N6O2/c11-6-5-16(14-9(6)10(17)18)8-2-4-15-7(13-8)1-3-12-15/h1-5H,11H2,(H,17,18). The van der Waals surface area contributed by atoms with Gasteiger partial charge in [0.1, 0.15) is 0 Å². The molecule has 0 aliphatic carbocycles. The van der Waals surface area contributed by atoms with Crippen molar-refractivity contribution in [1.29, 1.82) is 0 Å². The first-order valence-electron chi connectivity index (χ1n) is 5.04. The van der Waals surface area contributed by atoms with Crippen LogP contribution in [0.25, 0.3) is 11.5 Å². The van der Waals surface area contributed by atoms with Gasteiger partial charge in [-0.15, -0.1) is 0 Å². The van der Waals surface area contributed by atoms with Gasteiger partial charge in [-0.3, -0.25) is 0 Å². The molecular weight excluding hydrogens is 236 g/mol. The summed E-state index contributed by atoms with van der Waals surface area (Å²) in [7, 11) is 0. The summed E-state index contributed by atoms with van der Waals surface area (Å²) in [6, 6.07) is 3.40. The molecule has 0 fully saturated rings. The van der Waals surface area contributed by atoms with E-state index >= 15 is 0 Å². The predicted octanol–water partition coefficient (Wildman–Crippen LogP) is 0.195. The third-order valence-corrected chi connectivity index (χ3v) is 2.42. The van der Waals surface area contributed by atoms with Crippen LogP contribution in [0.1, 0.15) is 10.5 Å². The molecule has 0 spiro atoms. The molecule has 3 aromatic heterocycles. The molecule has 3 rings (SSSR count). The Morgan fingerprint density at radius 1 is 1.39 bits per heavy atom. The van der Waals surface area contributed by atoms with Crippen molar-refractivity contribution in [2.24, 2.45) is 0 Å². The fraction of sp³-hybridized carbons (Fsp3) is 0. The van der Waals surface area contributed by atoms with Crippen LogP contribution in [0.15, 0.2) is 30.7 Å². The minimum absolute atomic E-state index is 0.0951. The zero-order valence-electron chi connectivity index (χ0n) is 9.06. The Hall–Kier alpha value is -2.90. The highest BCUT2D eigenvalue weighted by atomic mass is 16.4. The number of hydrogen-bond donors (Lipinski definition) is 2. The van der Waals surface area contributed by atoms with Crippen molar-refractivity contribution in [2.75, 3.05) is 5.73 Å². The number of nitrogens with two attached hydrogens (primary N) is 1. The van der Waals surface area contributed by atoms with E-state index in [4.69, 9.17) is 10.8 Å². The maximum atomic E-state index is 10.8. The second kappa shape index (κ2) is 3.55. The predicted molar refractivity (Wildman–Crippen MR) is 61.5 cm³/mol. The van der Waals surface area contributed by atoms with Crippen LogP contribution in [-0.4, -0.2) is 35.5 Å². The summed E-state index contributed by atoms with van der Waals surface area (Å²) >= 11 is 0. The molecule has 0 aliphatic rings. The fourth-order valence-corrected chi connectivity index (χ4v) is 1.60. The van der Waals surface area contributed by atoms with Gasteiger partial charge in [0, 0.05) is 18.3 Å². The maximum absolute atomic E-state index is 10.8. The number of nitrogen functional groups attached to an aromatic ring is 1. The van der Waals surface area contributed by atoms with Gasteiger partial charge >= 0.3 is 5.97 Å². The summed E-state index contributed by atoms with van der Waals surface area (Å²) in [6.45, 7) is 0. The average molecular weight is 244 g/mol. The molecule has 0 atom stereocenters. The highest BCUT2D eigenvalue weighted by Gasteiger charge is 2.14. The third kappa shape index (κ3) is 1.47. The number of nitrogens with zero attached hydrogens (tertiary/aromatic N) is 5. The Bertz CT molecular complexity index is 744. The third-order valence-electron chi connectivity index (χ3n) is 2.42. The van der Waals surface area contributed by atoms with Crippen molar-refractivity contribution in [2.45, 2.75) is 0 Å². The molecule has 3 aromatic rings. The van der Waals surface area contributed by atoms with Crippen LogP contribution >= 0.6 is 0 Å². The molecule has 0 aromatic carbocycles. The molecule has 0 saturated carbocycles. The van der Waals surface area contributed by atoms with Crippen molar-refractivity contribution in [3.05, 3.63) is 36.4 Å². The van der Waals surface area contributed by atoms with E-state index < -0.39 is 5.97 Å². The van der Waals surface area contributed by atoms with Gasteiger partial charge in [-0.05, 0) is 0 Å². The van der Waals surface area contributed by atoms with Crippen molar-refractivity contribution in [3.8, 4) is 5.82 Å². The zero-order chi connectivity index (χ0) is 12.7. The van der Waals surface area contributed by atoms with E-state index in [0.717, 1.165) is 0 Å². The van der Waals surface area contributed by atoms with Crippen LogP contribution in [0.5, 0.6) is 0 Å². The van der Waals surface area contributed by atoms with Gasteiger partial charge in [0.2, 0.25) is 0 Å². The number of fused-ring (bicyclic) bond motifs is 1. The van der Waals surface area contributed by atoms with Crippen molar-refractivity contribution >= 4 is 17.3 Å². The lowest BCUT2D eigenvalue weighted by Gasteiger charge is -2.00. The number of carboxylic acids is 1. The van der Waals surface area contributed by atoms with E-state index in [1.54, 1.807) is 29.0 Å². The van der Waals surface area contributed by atoms with Crippen LogP contribution < -0.4 is 5.73 Å². The molecule has 18 heavy (non-hydrogen) atoms. The first-order valence-corrected chi connectivity index (χ1v) is 5.04. The molecule has 0 amide bonds. The Morgan fingerprint density at radius 2 is 2.22 bits per heavy atom. The minimum Gasteiger partial charge on any atom is -0.476 e. The van der Waals surface area contributed by atoms with E-state index in [-0.39, 0.29) is 11.4 Å². The Kier molecular flexibility index (Phi) is 2.03. The number of carbonyl (C=O) groups is 1. The highest BCUT2D eigenvalue weighted by Crippen LogP contribution is 2.13. The molecule has 8 nitrogen and oxygen atoms in total. The van der Waals surface area contributed by atoms with E-state index in [1.165, 1.54) is 10.9 Å². The SMILES string of the molecule is Nc1cn(-c2ccn3nccc3n2)nc1C(=O)O. The van der Waals surface area contributed by atoms with Gasteiger partial charge in [0.15, 0.2) is 17.2 Å². The molecule has 0 radical (unpaired) electrons. The van der Waals surface area contributed by atoms with E-state index in [2.05, 4.69) is 15.2 Å². The van der Waals surface area contributed by atoms with Crippen LogP contribution in [0, 0.1) is 0 Å². The quantitative estimate of drug-likeness (QED) is 0.665. The number of aromatic carboxylic acids is 1. The molecule has 0 saturated heterocycles. The van der Waals surface area contributed by atoms with Crippen molar-refractivity contribution in [3.63, 3.8) is 0 Å². The molecule has 0 aliphatic heterocycles. The summed E-state index contributed by atoms with van der Waals surface area (Å²) in [5, 5.41) is 16.8. The number of anilines is 1. The monoisotopic (exact) mass is 244 g/mol. The Morgan fingerprint density at radius 3 is 2.94 bits per heavy atom. The molecule has 3 N–H and O–H groups in total. The summed E-state index contributed by atoms with van der Waals surface area (Å²) in [5.41, 5.74) is 6.11. The average Bonchev–Trinajstić information content (AvgIpc) is 2.93. The molecular formula is C10H8N6O2. The smallest absolute Gasteiger partial charge is 0.358 e. The van der Waals surface area contributed by atoms with Crippen molar-refractivity contribution < 1.29 is 9.90 Å². The van der Waals surface area contributed by atoms with E-state index in [1.807, 2.05) is 0 Å². The summed E-state index contributed by atoms with van der Waals surface area (Å²) in [5.74, 6) is -0.695. The Labute approximate surface area is 100 Å². The van der Waals surface area contributed by atoms with Crippen molar-refractivity contribution in [1.82, 2.24) is 24.4 Å². The van der Waals surface area contributed by atoms with Gasteiger partial charge in [0.05, 0.1) is 18.1 Å². The first kappa shape index (κ1) is 10.3. The van der Waals surface area contributed by atoms with E-state index in [9.17, 15) is 4.79 Å². The van der Waals surface area contributed by atoms with Gasteiger partial charge in [-0.25, -0.2) is 19.0 Å². The highest BCUT2D eigenvalue weighted by molar-refractivity contribution is 5.91. The van der Waals surface area contributed by atoms with Gasteiger partial charge in [0.25, 0.3) is 0 Å². The summed E-state index contributed by atoms with van der Waals surface area (Å²) < 4.78 is 2.92. The fourth-order valence-electron chi connectivity index (χ4n) is 1.60. The number of aromatic nitrogens is 5. The maximum Gasteiger partial charge on any atom is 0.358 e. The van der Waals surface area contributed by atoms with Crippen LogP contribution in [0.2, 0.25) is 0 Å². The Balaban J connectivity index is 2.13. The molecule has 90 valence electrons. The number of rotatable bonds is 2. The molecule has 0 unspecified atom stereocenters. The molecule has 0 bridgehead atoms. The topological polar surface area (TPSA) is 111 Å². The summed E-state index contributed by atoms with van der Waals surface area (Å²) in [6.07, 6.45) is 4.74. The first-order chi connectivity index (χ1) is 8.65. The number of carboxylic acid groups (broad SMARTS) is 1. The molecule has 3 heterocycles. The number of hydrogen-bond acceptors (Lipinski definition) is 5.